The van der Waals surface area contributed by atoms with Gasteiger partial charge in [0.05, 0.1) is 0 Å². The van der Waals surface area contributed by atoms with E-state index in [1.54, 1.807) is 0 Å². The van der Waals surface area contributed by atoms with E-state index in [-0.39, 0.29) is 0 Å². The molecule has 0 unspecified atom stereocenters. The SMILES string of the molecule is Cc1cccc(N2COc3cc(Cl)ccc3C2)c1. The zero-order valence-electron chi connectivity index (χ0n) is 10.2. The highest BCUT2D eigenvalue weighted by Crippen LogP contribution is 2.30. The Hall–Kier alpha value is -1.67. The molecule has 0 aliphatic carbocycles. The zero-order valence-corrected chi connectivity index (χ0v) is 10.9. The van der Waals surface area contributed by atoms with Crippen LogP contribution in [-0.2, 0) is 6.54 Å². The zero-order chi connectivity index (χ0) is 12.5. The highest BCUT2D eigenvalue weighted by Gasteiger charge is 2.17. The number of anilines is 1. The smallest absolute Gasteiger partial charge is 0.161 e. The fourth-order valence-corrected chi connectivity index (χ4v) is 2.34. The molecule has 0 amide bonds. The molecule has 0 atom stereocenters. The third kappa shape index (κ3) is 2.16. The van der Waals surface area contributed by atoms with Crippen molar-refractivity contribution in [1.29, 1.82) is 0 Å². The van der Waals surface area contributed by atoms with Crippen LogP contribution in [0.5, 0.6) is 5.75 Å². The summed E-state index contributed by atoms with van der Waals surface area (Å²) in [6.07, 6.45) is 0. The summed E-state index contributed by atoms with van der Waals surface area (Å²) < 4.78 is 5.75. The van der Waals surface area contributed by atoms with Gasteiger partial charge in [-0.05, 0) is 36.8 Å². The van der Waals surface area contributed by atoms with Crippen LogP contribution in [0.25, 0.3) is 0 Å². The molecule has 0 saturated heterocycles. The van der Waals surface area contributed by atoms with Crippen LogP contribution in [0, 0.1) is 6.92 Å². The van der Waals surface area contributed by atoms with Crippen LogP contribution < -0.4 is 9.64 Å². The molecular weight excluding hydrogens is 246 g/mol. The second kappa shape index (κ2) is 4.54. The van der Waals surface area contributed by atoms with Gasteiger partial charge in [0.15, 0.2) is 6.73 Å². The minimum Gasteiger partial charge on any atom is -0.473 e. The lowest BCUT2D eigenvalue weighted by molar-refractivity contribution is 0.289. The summed E-state index contributed by atoms with van der Waals surface area (Å²) in [5.74, 6) is 0.895. The molecule has 2 aromatic carbocycles. The van der Waals surface area contributed by atoms with E-state index in [9.17, 15) is 0 Å². The monoisotopic (exact) mass is 259 g/mol. The summed E-state index contributed by atoms with van der Waals surface area (Å²) in [6, 6.07) is 14.3. The number of hydrogen-bond donors (Lipinski definition) is 0. The predicted molar refractivity (Wildman–Crippen MR) is 74.3 cm³/mol. The first-order valence-corrected chi connectivity index (χ1v) is 6.33. The van der Waals surface area contributed by atoms with Gasteiger partial charge in [0.2, 0.25) is 0 Å². The highest BCUT2D eigenvalue weighted by atomic mass is 35.5. The standard InChI is InChI=1S/C15H14ClNO/c1-11-3-2-4-14(7-11)17-9-12-5-6-13(16)8-15(12)18-10-17/h2-8H,9-10H2,1H3. The summed E-state index contributed by atoms with van der Waals surface area (Å²) in [5, 5.41) is 0.720. The molecule has 92 valence electrons. The van der Waals surface area contributed by atoms with Gasteiger partial charge >= 0.3 is 0 Å². The van der Waals surface area contributed by atoms with Crippen molar-refractivity contribution in [2.24, 2.45) is 0 Å². The maximum atomic E-state index is 5.96. The topological polar surface area (TPSA) is 12.5 Å². The molecule has 0 radical (unpaired) electrons. The van der Waals surface area contributed by atoms with E-state index in [4.69, 9.17) is 16.3 Å². The molecule has 0 bridgehead atoms. The van der Waals surface area contributed by atoms with Gasteiger partial charge in [0, 0.05) is 22.8 Å². The molecule has 2 nitrogen and oxygen atoms in total. The number of hydrogen-bond acceptors (Lipinski definition) is 2. The fourth-order valence-electron chi connectivity index (χ4n) is 2.18. The molecule has 1 aliphatic heterocycles. The van der Waals surface area contributed by atoms with E-state index < -0.39 is 0 Å². The minimum atomic E-state index is 0.566. The van der Waals surface area contributed by atoms with Gasteiger partial charge in [0.1, 0.15) is 5.75 Å². The number of ether oxygens (including phenoxy) is 1. The Morgan fingerprint density at radius 2 is 2.06 bits per heavy atom. The van der Waals surface area contributed by atoms with E-state index >= 15 is 0 Å². The molecule has 18 heavy (non-hydrogen) atoms. The van der Waals surface area contributed by atoms with Crippen molar-refractivity contribution in [2.45, 2.75) is 13.5 Å². The van der Waals surface area contributed by atoms with Gasteiger partial charge in [-0.15, -0.1) is 0 Å². The van der Waals surface area contributed by atoms with Crippen molar-refractivity contribution in [3.63, 3.8) is 0 Å². The second-order valence-electron chi connectivity index (χ2n) is 4.56. The van der Waals surface area contributed by atoms with Gasteiger partial charge in [-0.1, -0.05) is 29.8 Å². The van der Waals surface area contributed by atoms with Crippen molar-refractivity contribution >= 4 is 17.3 Å². The number of aryl methyl sites for hydroxylation is 1. The maximum absolute atomic E-state index is 5.96. The van der Waals surface area contributed by atoms with Crippen LogP contribution in [-0.4, -0.2) is 6.73 Å². The molecule has 0 N–H and O–H groups in total. The average molecular weight is 260 g/mol. The van der Waals surface area contributed by atoms with Crippen molar-refractivity contribution in [3.05, 3.63) is 58.6 Å². The molecule has 2 aromatic rings. The average Bonchev–Trinajstić information content (AvgIpc) is 2.38. The van der Waals surface area contributed by atoms with Crippen LogP contribution in [0.15, 0.2) is 42.5 Å². The lowest BCUT2D eigenvalue weighted by Crippen LogP contribution is -2.31. The molecule has 0 fully saturated rings. The molecule has 0 saturated carbocycles. The van der Waals surface area contributed by atoms with Crippen LogP contribution in [0.3, 0.4) is 0 Å². The highest BCUT2D eigenvalue weighted by molar-refractivity contribution is 6.30. The van der Waals surface area contributed by atoms with E-state index in [2.05, 4.69) is 36.1 Å². The molecule has 0 aromatic heterocycles. The second-order valence-corrected chi connectivity index (χ2v) is 5.00. The van der Waals surface area contributed by atoms with Gasteiger partial charge < -0.3 is 9.64 Å². The van der Waals surface area contributed by atoms with Gasteiger partial charge in [0.25, 0.3) is 0 Å². The molecular formula is C15H14ClNO. The Labute approximate surface area is 112 Å². The summed E-state index contributed by atoms with van der Waals surface area (Å²) in [6.45, 7) is 3.52. The van der Waals surface area contributed by atoms with E-state index in [0.717, 1.165) is 17.3 Å². The van der Waals surface area contributed by atoms with Crippen molar-refractivity contribution in [2.75, 3.05) is 11.6 Å². The van der Waals surface area contributed by atoms with E-state index in [1.165, 1.54) is 16.8 Å². The lowest BCUT2D eigenvalue weighted by atomic mass is 10.1. The lowest BCUT2D eigenvalue weighted by Gasteiger charge is -2.31. The van der Waals surface area contributed by atoms with Crippen molar-refractivity contribution < 1.29 is 4.74 Å². The van der Waals surface area contributed by atoms with E-state index in [1.807, 2.05) is 18.2 Å². The predicted octanol–water partition coefficient (Wildman–Crippen LogP) is 4.00. The number of halogens is 1. The molecule has 1 aliphatic rings. The first-order valence-electron chi connectivity index (χ1n) is 5.95. The number of nitrogens with zero attached hydrogens (tertiary/aromatic N) is 1. The number of benzene rings is 2. The maximum Gasteiger partial charge on any atom is 0.161 e. The van der Waals surface area contributed by atoms with Gasteiger partial charge in [-0.3, -0.25) is 0 Å². The Morgan fingerprint density at radius 1 is 1.17 bits per heavy atom. The molecule has 1 heterocycles. The Balaban J connectivity index is 1.89. The molecule has 3 rings (SSSR count). The first kappa shape index (κ1) is 11.4. The summed E-state index contributed by atoms with van der Waals surface area (Å²) in [4.78, 5) is 2.21. The van der Waals surface area contributed by atoms with Gasteiger partial charge in [-0.25, -0.2) is 0 Å². The molecule has 3 heteroatoms. The van der Waals surface area contributed by atoms with Crippen LogP contribution in [0.4, 0.5) is 5.69 Å². The third-order valence-corrected chi connectivity index (χ3v) is 3.37. The summed E-state index contributed by atoms with van der Waals surface area (Å²) >= 11 is 5.96. The largest absolute Gasteiger partial charge is 0.473 e. The third-order valence-electron chi connectivity index (χ3n) is 3.13. The summed E-state index contributed by atoms with van der Waals surface area (Å²) in [7, 11) is 0. The Bertz CT molecular complexity index is 582. The van der Waals surface area contributed by atoms with Crippen molar-refractivity contribution in [3.8, 4) is 5.75 Å². The number of rotatable bonds is 1. The number of fused-ring (bicyclic) bond motifs is 1. The van der Waals surface area contributed by atoms with Crippen LogP contribution in [0.2, 0.25) is 5.02 Å². The Morgan fingerprint density at radius 3 is 2.89 bits per heavy atom. The minimum absolute atomic E-state index is 0.566. The fraction of sp³-hybridized carbons (Fsp3) is 0.200. The normalized spacial score (nSPS) is 14.0. The van der Waals surface area contributed by atoms with E-state index in [0.29, 0.717) is 6.73 Å². The summed E-state index contributed by atoms with van der Waals surface area (Å²) in [5.41, 5.74) is 3.62. The van der Waals surface area contributed by atoms with Gasteiger partial charge in [-0.2, -0.15) is 0 Å². The van der Waals surface area contributed by atoms with Crippen molar-refractivity contribution in [1.82, 2.24) is 0 Å². The Kier molecular flexibility index (Phi) is 2.88. The quantitative estimate of drug-likeness (QED) is 0.767. The van der Waals surface area contributed by atoms with Crippen LogP contribution >= 0.6 is 11.6 Å². The van der Waals surface area contributed by atoms with Crippen LogP contribution in [0.1, 0.15) is 11.1 Å². The first-order chi connectivity index (χ1) is 8.72. The molecule has 0 spiro atoms.